The molecule has 0 saturated carbocycles. The average Bonchev–Trinajstić information content (AvgIpc) is 2.98. The van der Waals surface area contributed by atoms with E-state index in [0.29, 0.717) is 0 Å². The Bertz CT molecular complexity index is 661. The van der Waals surface area contributed by atoms with Crippen LogP contribution in [0.1, 0.15) is 24.7 Å². The van der Waals surface area contributed by atoms with E-state index in [0.717, 1.165) is 18.6 Å². The van der Waals surface area contributed by atoms with Crippen LogP contribution in [-0.2, 0) is 6.42 Å². The number of hydrogen-bond donors (Lipinski definition) is 1. The van der Waals surface area contributed by atoms with Crippen molar-refractivity contribution in [1.82, 2.24) is 4.98 Å². The third kappa shape index (κ3) is 3.79. The average molecular weight is 286 g/mol. The number of rotatable bonds is 6. The summed E-state index contributed by atoms with van der Waals surface area (Å²) in [6, 6.07) is 6.74. The van der Waals surface area contributed by atoms with E-state index in [9.17, 15) is 10.1 Å². The first-order chi connectivity index (χ1) is 10.1. The molecule has 0 saturated heterocycles. The summed E-state index contributed by atoms with van der Waals surface area (Å²) in [6.45, 7) is 1.91. The molecular weight excluding hydrogens is 272 g/mol. The Balaban J connectivity index is 2.04. The van der Waals surface area contributed by atoms with Crippen LogP contribution in [0.2, 0.25) is 0 Å². The van der Waals surface area contributed by atoms with Gasteiger partial charge in [0.15, 0.2) is 0 Å². The molecule has 0 spiro atoms. The number of aromatic nitrogens is 1. The number of aryl methyl sites for hydroxylation is 1. The SMILES string of the molecule is CC(CCc1ccco1)Nc1ncc(C#N)cc1[N+](=O)[O-]. The summed E-state index contributed by atoms with van der Waals surface area (Å²) < 4.78 is 5.24. The molecule has 21 heavy (non-hydrogen) atoms. The zero-order valence-corrected chi connectivity index (χ0v) is 11.4. The van der Waals surface area contributed by atoms with Gasteiger partial charge in [0, 0.05) is 24.7 Å². The second-order valence-corrected chi connectivity index (χ2v) is 4.62. The van der Waals surface area contributed by atoms with Gasteiger partial charge in [-0.1, -0.05) is 0 Å². The summed E-state index contributed by atoms with van der Waals surface area (Å²) >= 11 is 0. The molecule has 2 aromatic rings. The highest BCUT2D eigenvalue weighted by molar-refractivity contribution is 5.58. The van der Waals surface area contributed by atoms with Gasteiger partial charge in [-0.25, -0.2) is 4.98 Å². The minimum atomic E-state index is -0.546. The van der Waals surface area contributed by atoms with Crippen molar-refractivity contribution < 1.29 is 9.34 Å². The zero-order chi connectivity index (χ0) is 15.2. The molecule has 1 atom stereocenters. The van der Waals surface area contributed by atoms with Gasteiger partial charge in [0.2, 0.25) is 5.82 Å². The van der Waals surface area contributed by atoms with Gasteiger partial charge in [-0.05, 0) is 25.5 Å². The first kappa shape index (κ1) is 14.5. The van der Waals surface area contributed by atoms with Gasteiger partial charge < -0.3 is 9.73 Å². The Morgan fingerprint density at radius 2 is 2.43 bits per heavy atom. The molecule has 0 aliphatic carbocycles. The number of nitrogens with one attached hydrogen (secondary N) is 1. The Morgan fingerprint density at radius 1 is 1.62 bits per heavy atom. The number of nitriles is 1. The molecule has 108 valence electrons. The maximum atomic E-state index is 11.0. The lowest BCUT2D eigenvalue weighted by atomic mass is 10.1. The van der Waals surface area contributed by atoms with Crippen LogP contribution in [0.3, 0.4) is 0 Å². The van der Waals surface area contributed by atoms with E-state index in [1.165, 1.54) is 12.3 Å². The third-order valence-corrected chi connectivity index (χ3v) is 2.98. The number of nitro groups is 1. The van der Waals surface area contributed by atoms with Crippen LogP contribution in [-0.4, -0.2) is 15.9 Å². The monoisotopic (exact) mass is 286 g/mol. The maximum Gasteiger partial charge on any atom is 0.312 e. The summed E-state index contributed by atoms with van der Waals surface area (Å²) in [4.78, 5) is 14.4. The van der Waals surface area contributed by atoms with Crippen LogP contribution in [0.4, 0.5) is 11.5 Å². The van der Waals surface area contributed by atoms with Crippen LogP contribution in [0.15, 0.2) is 35.1 Å². The quantitative estimate of drug-likeness (QED) is 0.646. The van der Waals surface area contributed by atoms with E-state index in [1.54, 1.807) is 6.26 Å². The maximum absolute atomic E-state index is 11.0. The highest BCUT2D eigenvalue weighted by Gasteiger charge is 2.18. The molecule has 0 radical (unpaired) electrons. The summed E-state index contributed by atoms with van der Waals surface area (Å²) in [5.41, 5.74) is -0.0330. The second kappa shape index (κ2) is 6.52. The molecule has 0 aliphatic rings. The topological polar surface area (TPSA) is 105 Å². The molecule has 1 unspecified atom stereocenters. The minimum Gasteiger partial charge on any atom is -0.469 e. The van der Waals surface area contributed by atoms with E-state index < -0.39 is 4.92 Å². The summed E-state index contributed by atoms with van der Waals surface area (Å²) in [6.07, 6.45) is 4.40. The number of hydrogen-bond acceptors (Lipinski definition) is 6. The van der Waals surface area contributed by atoms with Gasteiger partial charge in [0.25, 0.3) is 0 Å². The predicted molar refractivity (Wildman–Crippen MR) is 75.7 cm³/mol. The lowest BCUT2D eigenvalue weighted by Gasteiger charge is -2.13. The minimum absolute atomic E-state index is 0.0192. The molecule has 0 aromatic carbocycles. The third-order valence-electron chi connectivity index (χ3n) is 2.98. The van der Waals surface area contributed by atoms with Crippen molar-refractivity contribution in [2.24, 2.45) is 0 Å². The first-order valence-electron chi connectivity index (χ1n) is 6.43. The van der Waals surface area contributed by atoms with E-state index >= 15 is 0 Å². The number of pyridine rings is 1. The van der Waals surface area contributed by atoms with Crippen LogP contribution in [0.25, 0.3) is 0 Å². The molecule has 2 heterocycles. The predicted octanol–water partition coefficient (Wildman–Crippen LogP) is 2.89. The van der Waals surface area contributed by atoms with Crippen LogP contribution < -0.4 is 5.32 Å². The Kier molecular flexibility index (Phi) is 4.51. The standard InChI is InChI=1S/C14H14N4O3/c1-10(4-5-12-3-2-6-21-12)17-14-13(18(19)20)7-11(8-15)9-16-14/h2-3,6-7,9-10H,4-5H2,1H3,(H,16,17). The van der Waals surface area contributed by atoms with Gasteiger partial charge in [-0.2, -0.15) is 5.26 Å². The fourth-order valence-corrected chi connectivity index (χ4v) is 1.88. The Hall–Kier alpha value is -2.88. The van der Waals surface area contributed by atoms with Gasteiger partial charge in [0.05, 0.1) is 16.7 Å². The highest BCUT2D eigenvalue weighted by Crippen LogP contribution is 2.23. The van der Waals surface area contributed by atoms with Gasteiger partial charge in [0.1, 0.15) is 11.8 Å². The van der Waals surface area contributed by atoms with Crippen LogP contribution in [0, 0.1) is 21.4 Å². The van der Waals surface area contributed by atoms with E-state index in [4.69, 9.17) is 9.68 Å². The largest absolute Gasteiger partial charge is 0.469 e. The summed E-state index contributed by atoms with van der Waals surface area (Å²) in [5, 5.41) is 22.8. The van der Waals surface area contributed by atoms with Crippen molar-refractivity contribution in [3.63, 3.8) is 0 Å². The molecule has 7 heteroatoms. The lowest BCUT2D eigenvalue weighted by molar-refractivity contribution is -0.384. The molecule has 0 aliphatic heterocycles. The Labute approximate surface area is 121 Å². The van der Waals surface area contributed by atoms with Crippen molar-refractivity contribution in [2.45, 2.75) is 25.8 Å². The molecule has 0 amide bonds. The summed E-state index contributed by atoms with van der Waals surface area (Å²) in [5.74, 6) is 1.04. The molecule has 0 bridgehead atoms. The van der Waals surface area contributed by atoms with Crippen molar-refractivity contribution in [1.29, 1.82) is 5.26 Å². The fraction of sp³-hybridized carbons (Fsp3) is 0.286. The smallest absolute Gasteiger partial charge is 0.312 e. The van der Waals surface area contributed by atoms with E-state index in [2.05, 4.69) is 10.3 Å². The molecule has 0 fully saturated rings. The normalized spacial score (nSPS) is 11.6. The van der Waals surface area contributed by atoms with Crippen molar-refractivity contribution in [2.75, 3.05) is 5.32 Å². The number of nitrogens with zero attached hydrogens (tertiary/aromatic N) is 3. The molecular formula is C14H14N4O3. The van der Waals surface area contributed by atoms with E-state index in [-0.39, 0.29) is 23.1 Å². The van der Waals surface area contributed by atoms with Gasteiger partial charge in [-0.3, -0.25) is 10.1 Å². The first-order valence-corrected chi connectivity index (χ1v) is 6.43. The Morgan fingerprint density at radius 3 is 3.05 bits per heavy atom. The van der Waals surface area contributed by atoms with Crippen LogP contribution >= 0.6 is 0 Å². The number of furan rings is 1. The number of anilines is 1. The molecule has 2 aromatic heterocycles. The zero-order valence-electron chi connectivity index (χ0n) is 11.4. The van der Waals surface area contributed by atoms with Crippen molar-refractivity contribution >= 4 is 11.5 Å². The lowest BCUT2D eigenvalue weighted by Crippen LogP contribution is -2.18. The van der Waals surface area contributed by atoms with Crippen molar-refractivity contribution in [3.05, 3.63) is 52.1 Å². The van der Waals surface area contributed by atoms with Gasteiger partial charge in [-0.15, -0.1) is 0 Å². The molecule has 2 rings (SSSR count). The second-order valence-electron chi connectivity index (χ2n) is 4.62. The summed E-state index contributed by atoms with van der Waals surface area (Å²) in [7, 11) is 0. The van der Waals surface area contributed by atoms with Gasteiger partial charge >= 0.3 is 5.69 Å². The fourth-order valence-electron chi connectivity index (χ4n) is 1.88. The van der Waals surface area contributed by atoms with Crippen molar-refractivity contribution in [3.8, 4) is 6.07 Å². The molecule has 7 nitrogen and oxygen atoms in total. The van der Waals surface area contributed by atoms with E-state index in [1.807, 2.05) is 25.1 Å². The highest BCUT2D eigenvalue weighted by atomic mass is 16.6. The van der Waals surface area contributed by atoms with Crippen LogP contribution in [0.5, 0.6) is 0 Å². The molecule has 1 N–H and O–H groups in total.